The maximum atomic E-state index is 12.9. The van der Waals surface area contributed by atoms with Gasteiger partial charge in [-0.3, -0.25) is 4.79 Å². The van der Waals surface area contributed by atoms with Crippen LogP contribution in [0.4, 0.5) is 0 Å². The van der Waals surface area contributed by atoms with Gasteiger partial charge in [-0.05, 0) is 41.7 Å². The number of benzene rings is 2. The van der Waals surface area contributed by atoms with Crippen molar-refractivity contribution in [2.45, 2.75) is 25.4 Å². The van der Waals surface area contributed by atoms with Crippen LogP contribution >= 0.6 is 0 Å². The fourth-order valence-corrected chi connectivity index (χ4v) is 3.52. The van der Waals surface area contributed by atoms with Gasteiger partial charge in [0, 0.05) is 24.7 Å². The molecule has 1 aliphatic heterocycles. The van der Waals surface area contributed by atoms with Gasteiger partial charge in [0.1, 0.15) is 12.0 Å². The second-order valence-electron chi connectivity index (χ2n) is 6.56. The Morgan fingerprint density at radius 1 is 1.08 bits per heavy atom. The minimum Gasteiger partial charge on any atom is -0.364 e. The van der Waals surface area contributed by atoms with Crippen molar-refractivity contribution in [2.24, 2.45) is 5.73 Å². The fourth-order valence-electron chi connectivity index (χ4n) is 3.52. The van der Waals surface area contributed by atoms with Crippen LogP contribution in [0.1, 0.15) is 40.5 Å². The first-order valence-electron chi connectivity index (χ1n) is 8.87. The van der Waals surface area contributed by atoms with E-state index in [9.17, 15) is 4.79 Å². The third-order valence-corrected chi connectivity index (χ3v) is 4.97. The van der Waals surface area contributed by atoms with Crippen LogP contribution in [0.3, 0.4) is 0 Å². The average Bonchev–Trinajstić information content (AvgIpc) is 3.39. The van der Waals surface area contributed by atoms with Crippen molar-refractivity contribution >= 4 is 5.91 Å². The van der Waals surface area contributed by atoms with Gasteiger partial charge in [0.25, 0.3) is 5.91 Å². The number of carbonyl (C=O) groups excluding carboxylic acids is 1. The van der Waals surface area contributed by atoms with Crippen LogP contribution in [0.25, 0.3) is 11.1 Å². The third-order valence-electron chi connectivity index (χ3n) is 4.97. The van der Waals surface area contributed by atoms with Crippen molar-refractivity contribution in [1.82, 2.24) is 10.1 Å². The first-order valence-corrected chi connectivity index (χ1v) is 8.87. The molecular weight excluding hydrogens is 326 g/mol. The molecule has 26 heavy (non-hydrogen) atoms. The van der Waals surface area contributed by atoms with Crippen LogP contribution in [-0.2, 0) is 6.54 Å². The van der Waals surface area contributed by atoms with Crippen molar-refractivity contribution in [3.63, 3.8) is 0 Å². The minimum atomic E-state index is 0.00438. The number of rotatable bonds is 4. The van der Waals surface area contributed by atoms with Crippen LogP contribution in [0.15, 0.2) is 65.4 Å². The largest absolute Gasteiger partial charge is 0.364 e. The summed E-state index contributed by atoms with van der Waals surface area (Å²) in [6.07, 6.45) is 3.46. The highest BCUT2D eigenvalue weighted by molar-refractivity contribution is 5.95. The summed E-state index contributed by atoms with van der Waals surface area (Å²) in [6.45, 7) is 1.29. The second-order valence-corrected chi connectivity index (χ2v) is 6.56. The molecule has 2 aromatic carbocycles. The molecule has 0 radical (unpaired) electrons. The zero-order valence-electron chi connectivity index (χ0n) is 14.5. The Morgan fingerprint density at radius 2 is 1.77 bits per heavy atom. The lowest BCUT2D eigenvalue weighted by Gasteiger charge is -2.23. The highest BCUT2D eigenvalue weighted by Gasteiger charge is 2.32. The molecule has 2 heterocycles. The summed E-state index contributed by atoms with van der Waals surface area (Å²) in [5.74, 6) is 0.0422. The van der Waals surface area contributed by atoms with Gasteiger partial charge in [0.2, 0.25) is 0 Å². The van der Waals surface area contributed by atoms with Crippen molar-refractivity contribution < 1.29 is 9.32 Å². The maximum absolute atomic E-state index is 12.9. The summed E-state index contributed by atoms with van der Waals surface area (Å²) < 4.78 is 4.95. The Labute approximate surface area is 152 Å². The maximum Gasteiger partial charge on any atom is 0.254 e. The molecule has 1 aliphatic rings. The number of nitrogens with zero attached hydrogens (tertiary/aromatic N) is 2. The van der Waals surface area contributed by atoms with E-state index < -0.39 is 0 Å². The van der Waals surface area contributed by atoms with Gasteiger partial charge in [0.05, 0.1) is 6.04 Å². The quantitative estimate of drug-likeness (QED) is 0.779. The number of amides is 1. The van der Waals surface area contributed by atoms with Crippen LogP contribution in [0.2, 0.25) is 0 Å². The molecule has 1 atom stereocenters. The topological polar surface area (TPSA) is 72.4 Å². The molecule has 0 unspecified atom stereocenters. The molecule has 132 valence electrons. The predicted molar refractivity (Wildman–Crippen MR) is 99.3 cm³/mol. The molecule has 0 aliphatic carbocycles. The number of carbonyl (C=O) groups is 1. The van der Waals surface area contributed by atoms with E-state index in [-0.39, 0.29) is 11.9 Å². The molecule has 5 heteroatoms. The standard InChI is InChI=1S/C21H21N3O2/c22-14-15-3-5-16(6-4-15)17-7-9-18(10-8-17)21(25)24-12-1-2-20(24)19-11-13-26-23-19/h3-11,13,20H,1-2,12,14,22H2/t20-/m1/s1. The lowest BCUT2D eigenvalue weighted by molar-refractivity contribution is 0.0731. The third kappa shape index (κ3) is 3.13. The lowest BCUT2D eigenvalue weighted by atomic mass is 10.0. The number of hydrogen-bond donors (Lipinski definition) is 1. The Balaban J connectivity index is 1.53. The van der Waals surface area contributed by atoms with E-state index in [2.05, 4.69) is 17.3 Å². The first-order chi connectivity index (χ1) is 12.8. The van der Waals surface area contributed by atoms with Gasteiger partial charge in [0.15, 0.2) is 0 Å². The van der Waals surface area contributed by atoms with E-state index in [1.165, 1.54) is 0 Å². The van der Waals surface area contributed by atoms with Crippen LogP contribution in [0.5, 0.6) is 0 Å². The summed E-state index contributed by atoms with van der Waals surface area (Å²) in [5.41, 5.74) is 10.5. The second kappa shape index (κ2) is 7.14. The Bertz CT molecular complexity index is 871. The molecule has 2 N–H and O–H groups in total. The average molecular weight is 347 g/mol. The smallest absolute Gasteiger partial charge is 0.254 e. The SMILES string of the molecule is NCc1ccc(-c2ccc(C(=O)N3CCC[C@@H]3c3ccon3)cc2)cc1. The molecule has 0 saturated carbocycles. The van der Waals surface area contributed by atoms with E-state index in [0.29, 0.717) is 12.1 Å². The molecule has 1 aromatic heterocycles. The minimum absolute atomic E-state index is 0.00438. The predicted octanol–water partition coefficient (Wildman–Crippen LogP) is 3.78. The normalized spacial score (nSPS) is 16.8. The van der Waals surface area contributed by atoms with Crippen molar-refractivity contribution in [1.29, 1.82) is 0 Å². The number of hydrogen-bond acceptors (Lipinski definition) is 4. The van der Waals surface area contributed by atoms with E-state index in [1.807, 2.05) is 47.4 Å². The van der Waals surface area contributed by atoms with Gasteiger partial charge in [-0.2, -0.15) is 0 Å². The van der Waals surface area contributed by atoms with Gasteiger partial charge in [-0.1, -0.05) is 41.6 Å². The molecule has 1 fully saturated rings. The molecule has 3 aromatic rings. The summed E-state index contributed by atoms with van der Waals surface area (Å²) in [4.78, 5) is 14.8. The summed E-state index contributed by atoms with van der Waals surface area (Å²) in [5, 5.41) is 4.01. The fraction of sp³-hybridized carbons (Fsp3) is 0.238. The highest BCUT2D eigenvalue weighted by atomic mass is 16.5. The van der Waals surface area contributed by atoms with Gasteiger partial charge in [-0.25, -0.2) is 0 Å². The van der Waals surface area contributed by atoms with Gasteiger partial charge in [-0.15, -0.1) is 0 Å². The highest BCUT2D eigenvalue weighted by Crippen LogP contribution is 2.32. The van der Waals surface area contributed by atoms with Crippen molar-refractivity contribution in [3.8, 4) is 11.1 Å². The molecule has 4 rings (SSSR count). The Kier molecular flexibility index (Phi) is 4.54. The van der Waals surface area contributed by atoms with E-state index in [4.69, 9.17) is 10.3 Å². The van der Waals surface area contributed by atoms with E-state index >= 15 is 0 Å². The monoisotopic (exact) mass is 347 g/mol. The van der Waals surface area contributed by atoms with E-state index in [0.717, 1.165) is 41.8 Å². The van der Waals surface area contributed by atoms with Crippen LogP contribution in [0, 0.1) is 0 Å². The number of aromatic nitrogens is 1. The zero-order valence-corrected chi connectivity index (χ0v) is 14.5. The molecule has 0 spiro atoms. The lowest BCUT2D eigenvalue weighted by Crippen LogP contribution is -2.30. The Morgan fingerprint density at radius 3 is 2.38 bits per heavy atom. The number of likely N-dealkylation sites (tertiary alicyclic amines) is 1. The summed E-state index contributed by atoms with van der Waals surface area (Å²) >= 11 is 0. The molecule has 1 saturated heterocycles. The molecule has 0 bridgehead atoms. The summed E-state index contributed by atoms with van der Waals surface area (Å²) in [7, 11) is 0. The van der Waals surface area contributed by atoms with Gasteiger partial charge < -0.3 is 15.2 Å². The Hall–Kier alpha value is -2.92. The number of nitrogens with two attached hydrogens (primary N) is 1. The molecule has 5 nitrogen and oxygen atoms in total. The molecule has 1 amide bonds. The van der Waals surface area contributed by atoms with Crippen LogP contribution in [-0.4, -0.2) is 22.5 Å². The zero-order chi connectivity index (χ0) is 17.9. The van der Waals surface area contributed by atoms with Gasteiger partial charge >= 0.3 is 0 Å². The first kappa shape index (κ1) is 16.5. The summed E-state index contributed by atoms with van der Waals surface area (Å²) in [6, 6.07) is 17.8. The van der Waals surface area contributed by atoms with E-state index in [1.54, 1.807) is 6.26 Å². The van der Waals surface area contributed by atoms with Crippen molar-refractivity contribution in [2.75, 3.05) is 6.54 Å². The van der Waals surface area contributed by atoms with Crippen molar-refractivity contribution in [3.05, 3.63) is 77.7 Å². The van der Waals surface area contributed by atoms with Crippen LogP contribution < -0.4 is 5.73 Å². The molecular formula is C21H21N3O2.